The first kappa shape index (κ1) is 13.3. The Bertz CT molecular complexity index is 730. The molecule has 0 bridgehead atoms. The van der Waals surface area contributed by atoms with E-state index in [1.807, 2.05) is 18.2 Å². The predicted molar refractivity (Wildman–Crippen MR) is 81.5 cm³/mol. The molecule has 2 aromatic heterocycles. The lowest BCUT2D eigenvalue weighted by Gasteiger charge is -2.04. The molecule has 0 amide bonds. The minimum absolute atomic E-state index is 0.436. The van der Waals surface area contributed by atoms with Crippen LogP contribution in [0.1, 0.15) is 25.3 Å². The lowest BCUT2D eigenvalue weighted by molar-refractivity contribution is 0.432. The van der Waals surface area contributed by atoms with Crippen LogP contribution < -0.4 is 5.73 Å². The van der Waals surface area contributed by atoms with Crippen molar-refractivity contribution in [3.8, 4) is 22.8 Å². The Morgan fingerprint density at radius 3 is 2.33 bits per heavy atom. The van der Waals surface area contributed by atoms with Crippen molar-refractivity contribution in [2.45, 2.75) is 19.8 Å². The molecular formula is C16H16N4O. The number of anilines is 1. The van der Waals surface area contributed by atoms with Crippen LogP contribution >= 0.6 is 0 Å². The third kappa shape index (κ3) is 2.76. The number of hydrogen-bond acceptors (Lipinski definition) is 5. The summed E-state index contributed by atoms with van der Waals surface area (Å²) in [5, 5.41) is 4.01. The molecule has 2 heterocycles. The lowest BCUT2D eigenvalue weighted by Crippen LogP contribution is -1.89. The monoisotopic (exact) mass is 280 g/mol. The van der Waals surface area contributed by atoms with Gasteiger partial charge in [-0.05, 0) is 23.6 Å². The second-order valence-corrected chi connectivity index (χ2v) is 5.17. The second kappa shape index (κ2) is 5.36. The van der Waals surface area contributed by atoms with E-state index in [-0.39, 0.29) is 0 Å². The molecule has 0 aliphatic rings. The highest BCUT2D eigenvalue weighted by atomic mass is 16.5. The fourth-order valence-corrected chi connectivity index (χ4v) is 2.01. The van der Waals surface area contributed by atoms with Crippen LogP contribution in [-0.2, 0) is 0 Å². The SMILES string of the molecule is CC(C)c1ccc(-c2noc(-c3ccc(N)nc3)n2)cc1. The zero-order valence-corrected chi connectivity index (χ0v) is 11.9. The molecule has 0 atom stereocenters. The minimum Gasteiger partial charge on any atom is -0.384 e. The van der Waals surface area contributed by atoms with E-state index < -0.39 is 0 Å². The molecule has 0 radical (unpaired) electrons. The van der Waals surface area contributed by atoms with Crippen molar-refractivity contribution in [3.63, 3.8) is 0 Å². The standard InChI is InChI=1S/C16H16N4O/c1-10(2)11-3-5-12(6-4-11)15-19-16(21-20-15)13-7-8-14(17)18-9-13/h3-10H,1-2H3,(H2,17,18). The van der Waals surface area contributed by atoms with E-state index in [2.05, 4.69) is 41.1 Å². The molecule has 0 fully saturated rings. The van der Waals surface area contributed by atoms with Crippen LogP contribution in [0.3, 0.4) is 0 Å². The van der Waals surface area contributed by atoms with E-state index in [4.69, 9.17) is 10.3 Å². The van der Waals surface area contributed by atoms with E-state index in [0.29, 0.717) is 23.5 Å². The molecule has 0 aliphatic carbocycles. The smallest absolute Gasteiger partial charge is 0.259 e. The summed E-state index contributed by atoms with van der Waals surface area (Å²) in [4.78, 5) is 8.41. The van der Waals surface area contributed by atoms with Crippen LogP contribution in [0.15, 0.2) is 47.1 Å². The highest BCUT2D eigenvalue weighted by molar-refractivity contribution is 5.60. The van der Waals surface area contributed by atoms with Crippen molar-refractivity contribution in [3.05, 3.63) is 48.2 Å². The van der Waals surface area contributed by atoms with Gasteiger partial charge in [0.05, 0.1) is 5.56 Å². The van der Waals surface area contributed by atoms with E-state index in [0.717, 1.165) is 11.1 Å². The van der Waals surface area contributed by atoms with Crippen LogP contribution in [0, 0.1) is 0 Å². The van der Waals surface area contributed by atoms with Gasteiger partial charge in [0, 0.05) is 11.8 Å². The maximum atomic E-state index is 5.56. The molecule has 0 unspecified atom stereocenters. The highest BCUT2D eigenvalue weighted by Crippen LogP contribution is 2.23. The molecule has 0 saturated heterocycles. The number of pyridine rings is 1. The largest absolute Gasteiger partial charge is 0.384 e. The van der Waals surface area contributed by atoms with Gasteiger partial charge in [0.1, 0.15) is 5.82 Å². The normalized spacial score (nSPS) is 11.0. The zero-order valence-electron chi connectivity index (χ0n) is 11.9. The van der Waals surface area contributed by atoms with Crippen molar-refractivity contribution < 1.29 is 4.52 Å². The van der Waals surface area contributed by atoms with Crippen LogP contribution in [0.25, 0.3) is 22.8 Å². The van der Waals surface area contributed by atoms with Gasteiger partial charge < -0.3 is 10.3 Å². The highest BCUT2D eigenvalue weighted by Gasteiger charge is 2.11. The molecular weight excluding hydrogens is 264 g/mol. The Labute approximate surface area is 122 Å². The third-order valence-electron chi connectivity index (χ3n) is 3.29. The van der Waals surface area contributed by atoms with Crippen LogP contribution in [-0.4, -0.2) is 15.1 Å². The molecule has 1 aromatic carbocycles. The molecule has 2 N–H and O–H groups in total. The molecule has 21 heavy (non-hydrogen) atoms. The maximum Gasteiger partial charge on any atom is 0.259 e. The van der Waals surface area contributed by atoms with Crippen molar-refractivity contribution in [1.82, 2.24) is 15.1 Å². The second-order valence-electron chi connectivity index (χ2n) is 5.17. The Balaban J connectivity index is 1.89. The van der Waals surface area contributed by atoms with Gasteiger partial charge >= 0.3 is 0 Å². The average Bonchev–Trinajstić information content (AvgIpc) is 2.98. The van der Waals surface area contributed by atoms with Crippen molar-refractivity contribution in [2.24, 2.45) is 0 Å². The van der Waals surface area contributed by atoms with Gasteiger partial charge in [-0.15, -0.1) is 0 Å². The summed E-state index contributed by atoms with van der Waals surface area (Å²) in [5.41, 5.74) is 8.52. The molecule has 106 valence electrons. The summed E-state index contributed by atoms with van der Waals surface area (Å²) in [6.45, 7) is 4.32. The molecule has 0 spiro atoms. The molecule has 3 aromatic rings. The van der Waals surface area contributed by atoms with Crippen molar-refractivity contribution in [1.29, 1.82) is 0 Å². The fourth-order valence-electron chi connectivity index (χ4n) is 2.01. The van der Waals surface area contributed by atoms with Gasteiger partial charge in [-0.2, -0.15) is 4.98 Å². The summed E-state index contributed by atoms with van der Waals surface area (Å²) in [5.74, 6) is 1.96. The average molecular weight is 280 g/mol. The molecule has 3 rings (SSSR count). The number of benzene rings is 1. The van der Waals surface area contributed by atoms with Crippen molar-refractivity contribution >= 4 is 5.82 Å². The molecule has 0 saturated carbocycles. The van der Waals surface area contributed by atoms with Gasteiger partial charge in [-0.25, -0.2) is 4.98 Å². The Kier molecular flexibility index (Phi) is 3.39. The van der Waals surface area contributed by atoms with E-state index >= 15 is 0 Å². The Morgan fingerprint density at radius 1 is 1.00 bits per heavy atom. The first-order valence-corrected chi connectivity index (χ1v) is 6.79. The number of nitrogens with zero attached hydrogens (tertiary/aromatic N) is 3. The van der Waals surface area contributed by atoms with Crippen LogP contribution in [0.5, 0.6) is 0 Å². The van der Waals surface area contributed by atoms with Crippen molar-refractivity contribution in [2.75, 3.05) is 5.73 Å². The summed E-state index contributed by atoms with van der Waals surface area (Å²) in [7, 11) is 0. The van der Waals surface area contributed by atoms with E-state index in [1.54, 1.807) is 12.3 Å². The lowest BCUT2D eigenvalue weighted by atomic mass is 10.0. The summed E-state index contributed by atoms with van der Waals surface area (Å²) < 4.78 is 5.28. The van der Waals surface area contributed by atoms with Gasteiger partial charge in [0.25, 0.3) is 5.89 Å². The first-order chi connectivity index (χ1) is 10.1. The van der Waals surface area contributed by atoms with Gasteiger partial charge in [-0.3, -0.25) is 0 Å². The fraction of sp³-hybridized carbons (Fsp3) is 0.188. The maximum absolute atomic E-state index is 5.56. The van der Waals surface area contributed by atoms with E-state index in [1.165, 1.54) is 5.56 Å². The van der Waals surface area contributed by atoms with Gasteiger partial charge in [-0.1, -0.05) is 43.3 Å². The summed E-state index contributed by atoms with van der Waals surface area (Å²) in [6, 6.07) is 11.7. The first-order valence-electron chi connectivity index (χ1n) is 6.79. The zero-order chi connectivity index (χ0) is 14.8. The molecule has 0 aliphatic heterocycles. The Hall–Kier alpha value is -2.69. The van der Waals surface area contributed by atoms with Crippen LogP contribution in [0.4, 0.5) is 5.82 Å². The third-order valence-corrected chi connectivity index (χ3v) is 3.29. The minimum atomic E-state index is 0.436. The van der Waals surface area contributed by atoms with Crippen LogP contribution in [0.2, 0.25) is 0 Å². The van der Waals surface area contributed by atoms with Gasteiger partial charge in [0.15, 0.2) is 0 Å². The van der Waals surface area contributed by atoms with E-state index in [9.17, 15) is 0 Å². The number of aromatic nitrogens is 3. The molecule has 5 nitrogen and oxygen atoms in total. The Morgan fingerprint density at radius 2 is 1.71 bits per heavy atom. The van der Waals surface area contributed by atoms with Gasteiger partial charge in [0.2, 0.25) is 5.82 Å². The molecule has 5 heteroatoms. The summed E-state index contributed by atoms with van der Waals surface area (Å²) in [6.07, 6.45) is 1.62. The number of rotatable bonds is 3. The topological polar surface area (TPSA) is 77.8 Å². The summed E-state index contributed by atoms with van der Waals surface area (Å²) >= 11 is 0. The number of nitrogens with two attached hydrogens (primary N) is 1. The number of hydrogen-bond donors (Lipinski definition) is 1. The number of nitrogen functional groups attached to an aromatic ring is 1. The predicted octanol–water partition coefficient (Wildman–Crippen LogP) is 3.50. The quantitative estimate of drug-likeness (QED) is 0.794.